The zero-order valence-corrected chi connectivity index (χ0v) is 11.4. The van der Waals surface area contributed by atoms with Crippen molar-refractivity contribution in [3.8, 4) is 0 Å². The molecule has 1 aliphatic rings. The molecule has 0 radical (unpaired) electrons. The summed E-state index contributed by atoms with van der Waals surface area (Å²) < 4.78 is 0. The molecule has 1 aromatic rings. The highest BCUT2D eigenvalue weighted by molar-refractivity contribution is 6.01. The third-order valence-electron chi connectivity index (χ3n) is 3.80. The Morgan fingerprint density at radius 3 is 2.63 bits per heavy atom. The molecule has 0 spiro atoms. The summed E-state index contributed by atoms with van der Waals surface area (Å²) in [6, 6.07) is 9.30. The van der Waals surface area contributed by atoms with Gasteiger partial charge >= 0.3 is 0 Å². The molecule has 0 bridgehead atoms. The van der Waals surface area contributed by atoms with E-state index in [0.717, 1.165) is 18.4 Å². The zero-order chi connectivity index (χ0) is 13.8. The van der Waals surface area contributed by atoms with Gasteiger partial charge in [0.25, 0.3) is 0 Å². The number of allylic oxidation sites excluding steroid dienone is 1. The van der Waals surface area contributed by atoms with Gasteiger partial charge < -0.3 is 0 Å². The standard InChI is InChI=1S/C17H20O2/c1-12(2)11-15-14(9-6-10-16(15)18)17(19)13-7-4-3-5-8-13/h3-5,7-8,14-15H,1,6,9-11H2,2H3. The first-order valence-corrected chi connectivity index (χ1v) is 6.86. The second kappa shape index (κ2) is 5.96. The highest BCUT2D eigenvalue weighted by Crippen LogP contribution is 2.34. The summed E-state index contributed by atoms with van der Waals surface area (Å²) in [5.41, 5.74) is 1.69. The smallest absolute Gasteiger partial charge is 0.166 e. The van der Waals surface area contributed by atoms with Crippen molar-refractivity contribution in [1.29, 1.82) is 0 Å². The average Bonchev–Trinajstić information content (AvgIpc) is 2.41. The van der Waals surface area contributed by atoms with Crippen LogP contribution in [0.2, 0.25) is 0 Å². The molecule has 0 N–H and O–H groups in total. The van der Waals surface area contributed by atoms with E-state index >= 15 is 0 Å². The molecule has 1 aliphatic carbocycles. The first-order chi connectivity index (χ1) is 9.09. The third-order valence-corrected chi connectivity index (χ3v) is 3.80. The van der Waals surface area contributed by atoms with E-state index in [2.05, 4.69) is 6.58 Å². The topological polar surface area (TPSA) is 34.1 Å². The van der Waals surface area contributed by atoms with E-state index in [1.807, 2.05) is 37.3 Å². The van der Waals surface area contributed by atoms with Crippen molar-refractivity contribution in [3.05, 3.63) is 48.0 Å². The Labute approximate surface area is 114 Å². The lowest BCUT2D eigenvalue weighted by Gasteiger charge is -2.29. The Hall–Kier alpha value is -1.70. The highest BCUT2D eigenvalue weighted by Gasteiger charge is 2.36. The molecule has 19 heavy (non-hydrogen) atoms. The van der Waals surface area contributed by atoms with Crippen LogP contribution in [-0.4, -0.2) is 11.6 Å². The van der Waals surface area contributed by atoms with Gasteiger partial charge in [0.1, 0.15) is 5.78 Å². The van der Waals surface area contributed by atoms with Gasteiger partial charge in [-0.1, -0.05) is 35.9 Å². The van der Waals surface area contributed by atoms with Gasteiger partial charge in [-0.2, -0.15) is 0 Å². The fourth-order valence-electron chi connectivity index (χ4n) is 2.87. The first-order valence-electron chi connectivity index (χ1n) is 6.86. The molecular weight excluding hydrogens is 236 g/mol. The Bertz CT molecular complexity index is 487. The maximum Gasteiger partial charge on any atom is 0.166 e. The van der Waals surface area contributed by atoms with Crippen molar-refractivity contribution >= 4 is 11.6 Å². The van der Waals surface area contributed by atoms with Crippen LogP contribution in [0.4, 0.5) is 0 Å². The first kappa shape index (κ1) is 13.7. The maximum absolute atomic E-state index is 12.6. The summed E-state index contributed by atoms with van der Waals surface area (Å²) in [7, 11) is 0. The maximum atomic E-state index is 12.6. The van der Waals surface area contributed by atoms with Crippen LogP contribution in [0, 0.1) is 11.8 Å². The molecule has 100 valence electrons. The zero-order valence-electron chi connectivity index (χ0n) is 11.4. The molecule has 0 aliphatic heterocycles. The van der Waals surface area contributed by atoms with Crippen LogP contribution in [0.3, 0.4) is 0 Å². The number of carbonyl (C=O) groups excluding carboxylic acids is 2. The molecule has 2 unspecified atom stereocenters. The number of hydrogen-bond acceptors (Lipinski definition) is 2. The van der Waals surface area contributed by atoms with Gasteiger partial charge in [0.15, 0.2) is 5.78 Å². The molecule has 1 aromatic carbocycles. The van der Waals surface area contributed by atoms with Gasteiger partial charge in [-0.15, -0.1) is 6.58 Å². The highest BCUT2D eigenvalue weighted by atomic mass is 16.1. The number of Topliss-reactive ketones (excluding diaryl/α,β-unsaturated/α-hetero) is 2. The second-order valence-corrected chi connectivity index (χ2v) is 5.46. The Morgan fingerprint density at radius 2 is 2.00 bits per heavy atom. The molecular formula is C17H20O2. The number of ketones is 2. The summed E-state index contributed by atoms with van der Waals surface area (Å²) >= 11 is 0. The predicted molar refractivity (Wildman–Crippen MR) is 76.0 cm³/mol. The molecule has 0 heterocycles. The van der Waals surface area contributed by atoms with Crippen molar-refractivity contribution in [3.63, 3.8) is 0 Å². The Kier molecular flexibility index (Phi) is 4.31. The molecule has 2 atom stereocenters. The third kappa shape index (κ3) is 3.19. The lowest BCUT2D eigenvalue weighted by atomic mass is 9.72. The number of benzene rings is 1. The molecule has 1 saturated carbocycles. The lowest BCUT2D eigenvalue weighted by Crippen LogP contribution is -2.34. The van der Waals surface area contributed by atoms with Crippen LogP contribution in [0.15, 0.2) is 42.5 Å². The number of rotatable bonds is 4. The van der Waals surface area contributed by atoms with Crippen LogP contribution >= 0.6 is 0 Å². The average molecular weight is 256 g/mol. The largest absolute Gasteiger partial charge is 0.299 e. The molecule has 2 nitrogen and oxygen atoms in total. The van der Waals surface area contributed by atoms with Gasteiger partial charge in [0.05, 0.1) is 0 Å². The molecule has 2 heteroatoms. The minimum absolute atomic E-state index is 0.111. The molecule has 2 rings (SSSR count). The monoisotopic (exact) mass is 256 g/mol. The normalized spacial score (nSPS) is 23.1. The quantitative estimate of drug-likeness (QED) is 0.606. The van der Waals surface area contributed by atoms with Crippen molar-refractivity contribution in [2.24, 2.45) is 11.8 Å². The Morgan fingerprint density at radius 1 is 1.32 bits per heavy atom. The van der Waals surface area contributed by atoms with E-state index in [1.165, 1.54) is 0 Å². The molecule has 1 fully saturated rings. The Balaban J connectivity index is 2.22. The van der Waals surface area contributed by atoms with Crippen molar-refractivity contribution < 1.29 is 9.59 Å². The number of hydrogen-bond donors (Lipinski definition) is 0. The summed E-state index contributed by atoms with van der Waals surface area (Å²) in [5.74, 6) is 0.00253. The van der Waals surface area contributed by atoms with Crippen molar-refractivity contribution in [1.82, 2.24) is 0 Å². The van der Waals surface area contributed by atoms with Crippen molar-refractivity contribution in [2.45, 2.75) is 32.6 Å². The van der Waals surface area contributed by atoms with E-state index in [4.69, 9.17) is 0 Å². The van der Waals surface area contributed by atoms with Gasteiger partial charge in [0, 0.05) is 23.8 Å². The van der Waals surface area contributed by atoms with E-state index < -0.39 is 0 Å². The van der Waals surface area contributed by atoms with Crippen LogP contribution in [0.25, 0.3) is 0 Å². The van der Waals surface area contributed by atoms with Gasteiger partial charge in [-0.25, -0.2) is 0 Å². The minimum atomic E-state index is -0.168. The second-order valence-electron chi connectivity index (χ2n) is 5.46. The summed E-state index contributed by atoms with van der Waals surface area (Å²) in [5, 5.41) is 0. The summed E-state index contributed by atoms with van der Waals surface area (Å²) in [4.78, 5) is 24.6. The van der Waals surface area contributed by atoms with Crippen LogP contribution in [0.5, 0.6) is 0 Å². The van der Waals surface area contributed by atoms with Crippen LogP contribution in [0.1, 0.15) is 43.0 Å². The number of carbonyl (C=O) groups is 2. The summed E-state index contributed by atoms with van der Waals surface area (Å²) in [6.45, 7) is 5.81. The van der Waals surface area contributed by atoms with E-state index in [0.29, 0.717) is 18.4 Å². The van der Waals surface area contributed by atoms with Gasteiger partial charge in [0.2, 0.25) is 0 Å². The molecule has 0 aromatic heterocycles. The van der Waals surface area contributed by atoms with Crippen LogP contribution < -0.4 is 0 Å². The summed E-state index contributed by atoms with van der Waals surface area (Å²) in [6.07, 6.45) is 2.89. The van der Waals surface area contributed by atoms with E-state index in [-0.39, 0.29) is 23.4 Å². The molecule has 0 saturated heterocycles. The van der Waals surface area contributed by atoms with Crippen molar-refractivity contribution in [2.75, 3.05) is 0 Å². The lowest BCUT2D eigenvalue weighted by molar-refractivity contribution is -0.125. The molecule has 0 amide bonds. The predicted octanol–water partition coefficient (Wildman–Crippen LogP) is 3.82. The van der Waals surface area contributed by atoms with Gasteiger partial charge in [-0.3, -0.25) is 9.59 Å². The van der Waals surface area contributed by atoms with E-state index in [1.54, 1.807) is 0 Å². The SMILES string of the molecule is C=C(C)CC1C(=O)CCCC1C(=O)c1ccccc1. The fraction of sp³-hybridized carbons (Fsp3) is 0.412. The van der Waals surface area contributed by atoms with Gasteiger partial charge in [-0.05, 0) is 26.2 Å². The van der Waals surface area contributed by atoms with E-state index in [9.17, 15) is 9.59 Å². The fourth-order valence-corrected chi connectivity index (χ4v) is 2.87. The minimum Gasteiger partial charge on any atom is -0.299 e. The van der Waals surface area contributed by atoms with Crippen LogP contribution in [-0.2, 0) is 4.79 Å².